The molecule has 0 saturated carbocycles. The van der Waals surface area contributed by atoms with Gasteiger partial charge in [0.05, 0.1) is 5.69 Å². The molecule has 0 radical (unpaired) electrons. The van der Waals surface area contributed by atoms with Crippen molar-refractivity contribution >= 4 is 17.1 Å². The van der Waals surface area contributed by atoms with E-state index in [4.69, 9.17) is 0 Å². The first kappa shape index (κ1) is 38.9. The van der Waals surface area contributed by atoms with Crippen molar-refractivity contribution in [3.63, 3.8) is 0 Å². The molecule has 0 N–H and O–H groups in total. The molecule has 0 saturated heterocycles. The van der Waals surface area contributed by atoms with E-state index in [2.05, 4.69) is 267 Å². The van der Waals surface area contributed by atoms with Crippen molar-refractivity contribution in [2.24, 2.45) is 0 Å². The first-order chi connectivity index (χ1) is 31.5. The molecule has 1 aliphatic carbocycles. The average molecular weight is 818 g/mol. The predicted molar refractivity (Wildman–Crippen MR) is 271 cm³/mol. The normalized spacial score (nSPS) is 12.3. The van der Waals surface area contributed by atoms with Crippen molar-refractivity contribution in [3.8, 4) is 77.9 Å². The van der Waals surface area contributed by atoms with Crippen LogP contribution >= 0.6 is 0 Å². The van der Waals surface area contributed by atoms with Gasteiger partial charge in [0.1, 0.15) is 0 Å². The summed E-state index contributed by atoms with van der Waals surface area (Å²) in [6.07, 6.45) is 0. The van der Waals surface area contributed by atoms with E-state index in [9.17, 15) is 0 Å². The molecule has 304 valence electrons. The molecule has 10 aromatic carbocycles. The lowest BCUT2D eigenvalue weighted by molar-refractivity contribution is 0.660. The molecular weight excluding hydrogens is 771 g/mol. The largest absolute Gasteiger partial charge is 0.310 e. The molecule has 0 aliphatic heterocycles. The average Bonchev–Trinajstić information content (AvgIpc) is 3.60. The lowest BCUT2D eigenvalue weighted by Crippen LogP contribution is -2.14. The van der Waals surface area contributed by atoms with E-state index in [1.807, 2.05) is 0 Å². The number of benzene rings is 10. The molecule has 0 spiro atoms. The molecular formula is C63H47N. The molecule has 0 unspecified atom stereocenters. The van der Waals surface area contributed by atoms with Crippen molar-refractivity contribution in [1.29, 1.82) is 0 Å². The minimum absolute atomic E-state index is 0.0473. The second-order valence-corrected chi connectivity index (χ2v) is 17.3. The summed E-state index contributed by atoms with van der Waals surface area (Å²) >= 11 is 0. The Morgan fingerprint density at radius 1 is 0.266 bits per heavy atom. The van der Waals surface area contributed by atoms with Crippen molar-refractivity contribution in [2.75, 3.05) is 4.90 Å². The van der Waals surface area contributed by atoms with Crippen molar-refractivity contribution < 1.29 is 0 Å². The van der Waals surface area contributed by atoms with Gasteiger partial charge in [-0.1, -0.05) is 220 Å². The predicted octanol–water partition coefficient (Wildman–Crippen LogP) is 17.5. The lowest BCUT2D eigenvalue weighted by atomic mass is 9.82. The maximum atomic E-state index is 2.46. The molecule has 11 rings (SSSR count). The van der Waals surface area contributed by atoms with E-state index >= 15 is 0 Å². The molecule has 0 atom stereocenters. The molecule has 0 aromatic heterocycles. The Hall–Kier alpha value is -8.00. The van der Waals surface area contributed by atoms with Gasteiger partial charge in [0, 0.05) is 22.4 Å². The van der Waals surface area contributed by atoms with Gasteiger partial charge < -0.3 is 4.90 Å². The summed E-state index contributed by atoms with van der Waals surface area (Å²) in [6, 6.07) is 90.9. The molecule has 1 nitrogen and oxygen atoms in total. The van der Waals surface area contributed by atoms with Crippen LogP contribution in [0.4, 0.5) is 17.1 Å². The molecule has 10 aromatic rings. The van der Waals surface area contributed by atoms with Crippen molar-refractivity contribution in [3.05, 3.63) is 260 Å². The fraction of sp³-hybridized carbons (Fsp3) is 0.0476. The Morgan fingerprint density at radius 3 is 1.41 bits per heavy atom. The second-order valence-electron chi connectivity index (χ2n) is 17.3. The molecule has 0 bridgehead atoms. The van der Waals surface area contributed by atoms with Gasteiger partial charge in [-0.05, 0) is 126 Å². The highest BCUT2D eigenvalue weighted by Gasteiger charge is 2.35. The van der Waals surface area contributed by atoms with Crippen LogP contribution in [0, 0.1) is 0 Å². The Labute approximate surface area is 377 Å². The Kier molecular flexibility index (Phi) is 9.94. The molecule has 0 heterocycles. The highest BCUT2D eigenvalue weighted by molar-refractivity contribution is 6.01. The van der Waals surface area contributed by atoms with Crippen LogP contribution in [0.3, 0.4) is 0 Å². The van der Waals surface area contributed by atoms with Crippen LogP contribution in [0.15, 0.2) is 249 Å². The summed E-state index contributed by atoms with van der Waals surface area (Å²) in [5, 5.41) is 0. The molecule has 0 amide bonds. The standard InChI is InChI=1S/C63H47N/c1-63(2)59-33-15-14-30-56(59)58-43-51(37-40-60(58)63)50-27-17-28-53(42-50)64(52-38-35-45(36-39-52)49-26-16-25-48(41-49)44-19-6-3-7-20-44)61-34-18-32-55(47-23-10-5-11-24-47)62(61)57-31-13-12-29-54(57)46-21-8-4-9-22-46/h3-43H,1-2H3. The van der Waals surface area contributed by atoms with Gasteiger partial charge in [-0.3, -0.25) is 0 Å². The number of nitrogens with zero attached hydrogens (tertiary/aromatic N) is 1. The minimum Gasteiger partial charge on any atom is -0.310 e. The van der Waals surface area contributed by atoms with E-state index in [0.717, 1.165) is 17.1 Å². The van der Waals surface area contributed by atoms with Gasteiger partial charge in [-0.15, -0.1) is 0 Å². The van der Waals surface area contributed by atoms with E-state index in [1.165, 1.54) is 89.0 Å². The number of hydrogen-bond donors (Lipinski definition) is 0. The van der Waals surface area contributed by atoms with Crippen LogP contribution < -0.4 is 4.90 Å². The van der Waals surface area contributed by atoms with Gasteiger partial charge in [0.2, 0.25) is 0 Å². The van der Waals surface area contributed by atoms with Crippen LogP contribution in [0.25, 0.3) is 77.9 Å². The Bertz CT molecular complexity index is 3270. The van der Waals surface area contributed by atoms with Crippen molar-refractivity contribution in [1.82, 2.24) is 0 Å². The van der Waals surface area contributed by atoms with Gasteiger partial charge >= 0.3 is 0 Å². The summed E-state index contributed by atoms with van der Waals surface area (Å²) in [5.41, 5.74) is 22.9. The zero-order chi connectivity index (χ0) is 43.0. The fourth-order valence-corrected chi connectivity index (χ4v) is 9.90. The van der Waals surface area contributed by atoms with E-state index < -0.39 is 0 Å². The molecule has 0 fully saturated rings. The molecule has 1 aliphatic rings. The SMILES string of the molecule is CC1(C)c2ccccc2-c2cc(-c3cccc(N(c4ccc(-c5cccc(-c6ccccc6)c5)cc4)c4cccc(-c5ccccc5)c4-c4ccccc4-c4ccccc4)c3)ccc21. The summed E-state index contributed by atoms with van der Waals surface area (Å²) in [7, 11) is 0. The van der Waals surface area contributed by atoms with Crippen LogP contribution in [0.5, 0.6) is 0 Å². The van der Waals surface area contributed by atoms with Crippen LogP contribution in [0.1, 0.15) is 25.0 Å². The van der Waals surface area contributed by atoms with Gasteiger partial charge in [0.25, 0.3) is 0 Å². The second kappa shape index (κ2) is 16.4. The number of anilines is 3. The smallest absolute Gasteiger partial charge is 0.0546 e. The summed E-state index contributed by atoms with van der Waals surface area (Å²) in [6.45, 7) is 4.69. The summed E-state index contributed by atoms with van der Waals surface area (Å²) in [4.78, 5) is 2.46. The summed E-state index contributed by atoms with van der Waals surface area (Å²) in [5.74, 6) is 0. The number of hydrogen-bond acceptors (Lipinski definition) is 1. The van der Waals surface area contributed by atoms with Crippen LogP contribution in [0.2, 0.25) is 0 Å². The number of rotatable bonds is 9. The van der Waals surface area contributed by atoms with Crippen LogP contribution in [-0.4, -0.2) is 0 Å². The minimum atomic E-state index is -0.0473. The topological polar surface area (TPSA) is 3.24 Å². The summed E-state index contributed by atoms with van der Waals surface area (Å²) < 4.78 is 0. The third-order valence-corrected chi connectivity index (χ3v) is 13.1. The van der Waals surface area contributed by atoms with Crippen molar-refractivity contribution in [2.45, 2.75) is 19.3 Å². The van der Waals surface area contributed by atoms with E-state index in [-0.39, 0.29) is 5.41 Å². The van der Waals surface area contributed by atoms with Crippen LogP contribution in [-0.2, 0) is 5.41 Å². The van der Waals surface area contributed by atoms with Gasteiger partial charge in [0.15, 0.2) is 0 Å². The monoisotopic (exact) mass is 817 g/mol. The quantitative estimate of drug-likeness (QED) is 0.140. The van der Waals surface area contributed by atoms with E-state index in [0.29, 0.717) is 0 Å². The highest BCUT2D eigenvalue weighted by atomic mass is 15.1. The zero-order valence-corrected chi connectivity index (χ0v) is 36.1. The molecule has 1 heteroatoms. The Balaban J connectivity index is 1.11. The fourth-order valence-electron chi connectivity index (χ4n) is 9.90. The van der Waals surface area contributed by atoms with Gasteiger partial charge in [-0.2, -0.15) is 0 Å². The Morgan fingerprint density at radius 2 is 0.719 bits per heavy atom. The van der Waals surface area contributed by atoms with Gasteiger partial charge in [-0.25, -0.2) is 0 Å². The zero-order valence-electron chi connectivity index (χ0n) is 36.1. The third kappa shape index (κ3) is 7.02. The maximum Gasteiger partial charge on any atom is 0.0546 e. The third-order valence-electron chi connectivity index (χ3n) is 13.1. The lowest BCUT2D eigenvalue weighted by Gasteiger charge is -2.30. The highest BCUT2D eigenvalue weighted by Crippen LogP contribution is 2.51. The maximum absolute atomic E-state index is 2.46. The first-order valence-electron chi connectivity index (χ1n) is 22.3. The number of fused-ring (bicyclic) bond motifs is 3. The van der Waals surface area contributed by atoms with E-state index in [1.54, 1.807) is 0 Å². The first-order valence-corrected chi connectivity index (χ1v) is 22.3. The molecule has 64 heavy (non-hydrogen) atoms.